The average Bonchev–Trinajstić information content (AvgIpc) is 0.811. The fraction of sp³-hybridized carbons (Fsp3) is 0.667. The van der Waals surface area contributed by atoms with Crippen LogP contribution < -0.4 is 0 Å². The van der Waals surface area contributed by atoms with Crippen LogP contribution in [-0.4, -0.2) is 51.3 Å². The van der Waals surface area contributed by atoms with Crippen LogP contribution in [0.2, 0.25) is 0 Å². The molecule has 0 radical (unpaired) electrons. The zero-order valence-corrected chi connectivity index (χ0v) is 9.15. The molecule has 3 heteroatoms. The van der Waals surface area contributed by atoms with Crippen molar-refractivity contribution in [2.24, 2.45) is 0 Å². The van der Waals surface area contributed by atoms with Gasteiger partial charge in [-0.1, -0.05) is 0 Å². The quantitative estimate of drug-likeness (QED) is 0.513. The molecule has 32 valence electrons. The molecule has 0 heterocycles. The number of rotatable bonds is 0. The van der Waals surface area contributed by atoms with Gasteiger partial charge in [-0.15, -0.1) is 0 Å². The van der Waals surface area contributed by atoms with E-state index in [1.165, 1.54) is 13.8 Å². The fourth-order valence-corrected chi connectivity index (χ4v) is 0. The van der Waals surface area contributed by atoms with Gasteiger partial charge in [0.05, 0.1) is 0 Å². The summed E-state index contributed by atoms with van der Waals surface area (Å²) in [6, 6.07) is 0. The number of hydrogen-bond donors (Lipinski definition) is 0. The zero-order chi connectivity index (χ0) is 3.58. The molecule has 0 aromatic heterocycles. The Kier molecular flexibility index (Phi) is 26.0. The number of ketones is 1. The van der Waals surface area contributed by atoms with Crippen molar-refractivity contribution in [1.29, 1.82) is 0 Å². The van der Waals surface area contributed by atoms with Crippen LogP contribution in [-0.2, 0) is 26.5 Å². The van der Waals surface area contributed by atoms with Crippen LogP contribution >= 0.6 is 0 Å². The molecule has 0 N–H and O–H groups in total. The molecule has 0 aromatic carbocycles. The van der Waals surface area contributed by atoms with Gasteiger partial charge in [-0.25, -0.2) is 0 Å². The summed E-state index contributed by atoms with van der Waals surface area (Å²) in [5.41, 5.74) is 0. The van der Waals surface area contributed by atoms with Crippen molar-refractivity contribution in [1.82, 2.24) is 0 Å². The van der Waals surface area contributed by atoms with Crippen molar-refractivity contribution < 1.29 is 29.4 Å². The Morgan fingerprint density at radius 3 is 1.50 bits per heavy atom. The Balaban J connectivity index is -0.00000000750. The molecule has 0 fully saturated rings. The van der Waals surface area contributed by atoms with E-state index in [0.717, 1.165) is 0 Å². The van der Waals surface area contributed by atoms with E-state index in [0.29, 0.717) is 0 Å². The van der Waals surface area contributed by atoms with Gasteiger partial charge in [0, 0.05) is 21.7 Å². The largest absolute Gasteiger partial charge is 2.00 e. The normalized spacial score (nSPS) is 4.33. The van der Waals surface area contributed by atoms with E-state index in [9.17, 15) is 4.79 Å². The van der Waals surface area contributed by atoms with Crippen molar-refractivity contribution >= 4 is 51.3 Å². The predicted octanol–water partition coefficient (Wildman–Crippen LogP) is 0.437. The maximum Gasteiger partial charge on any atom is 2.00 e. The van der Waals surface area contributed by atoms with Gasteiger partial charge in [0.15, 0.2) is 0 Å². The van der Waals surface area contributed by atoms with E-state index in [4.69, 9.17) is 0 Å². The zero-order valence-electron chi connectivity index (χ0n) is 6.12. The maximum absolute atomic E-state index is 9.44. The van der Waals surface area contributed by atoms with Crippen LogP contribution in [0.5, 0.6) is 0 Å². The number of hydrogen-bond acceptors (Lipinski definition) is 1. The molecule has 0 unspecified atom stereocenters. The van der Waals surface area contributed by atoms with E-state index < -0.39 is 0 Å². The summed E-state index contributed by atoms with van der Waals surface area (Å²) in [5, 5.41) is 0. The number of carbonyl (C=O) groups is 1. The second kappa shape index (κ2) is 9.98. The third-order valence-electron chi connectivity index (χ3n) is 0. The van der Waals surface area contributed by atoms with Gasteiger partial charge in [0.25, 0.3) is 0 Å². The summed E-state index contributed by atoms with van der Waals surface area (Å²) >= 11 is 0. The van der Waals surface area contributed by atoms with Crippen molar-refractivity contribution in [3.63, 3.8) is 0 Å². The Bertz CT molecular complexity index is 40.3. The van der Waals surface area contributed by atoms with Crippen molar-refractivity contribution in [3.8, 4) is 0 Å². The Labute approximate surface area is 93.0 Å². The van der Waals surface area contributed by atoms with Gasteiger partial charge in [-0.05, 0) is 13.8 Å². The first-order valence-electron chi connectivity index (χ1n) is 1.20. The van der Waals surface area contributed by atoms with Gasteiger partial charge in [0.2, 0.25) is 0 Å². The van der Waals surface area contributed by atoms with E-state index >= 15 is 0 Å². The molecule has 0 bridgehead atoms. The molecule has 0 amide bonds. The van der Waals surface area contributed by atoms with Crippen LogP contribution in [0.4, 0.5) is 0 Å². The first-order chi connectivity index (χ1) is 1.73. The molecule has 6 heavy (non-hydrogen) atoms. The van der Waals surface area contributed by atoms with E-state index in [1.54, 1.807) is 0 Å². The Morgan fingerprint density at radius 1 is 1.50 bits per heavy atom. The maximum atomic E-state index is 9.44. The SMILES string of the molecule is CC(C)=O.[H-].[H-].[Sr+2].[Ti]. The van der Waals surface area contributed by atoms with E-state index in [2.05, 4.69) is 0 Å². The molecule has 0 aliphatic heterocycles. The fourth-order valence-electron chi connectivity index (χ4n) is 0. The van der Waals surface area contributed by atoms with Crippen molar-refractivity contribution in [2.45, 2.75) is 13.8 Å². The molecule has 0 rings (SSSR count). The molecular weight excluding hydrogens is 188 g/mol. The van der Waals surface area contributed by atoms with Crippen LogP contribution in [0.1, 0.15) is 16.7 Å². The average molecular weight is 196 g/mol. The number of Topliss-reactive ketones (excluding diaryl/α,β-unsaturated/α-hetero) is 1. The summed E-state index contributed by atoms with van der Waals surface area (Å²) in [4.78, 5) is 9.44. The minimum atomic E-state index is 0. The Hall–Kier alpha value is 1.86. The minimum Gasteiger partial charge on any atom is -1.00 e. The summed E-state index contributed by atoms with van der Waals surface area (Å²) in [7, 11) is 0. The number of carbonyl (C=O) groups excluding carboxylic acids is 1. The topological polar surface area (TPSA) is 17.1 Å². The van der Waals surface area contributed by atoms with Gasteiger partial charge < -0.3 is 7.65 Å². The molecule has 0 aliphatic rings. The molecule has 0 aromatic rings. The summed E-state index contributed by atoms with van der Waals surface area (Å²) in [6.45, 7) is 3.06. The molecule has 0 aliphatic carbocycles. The van der Waals surface area contributed by atoms with E-state index in [1.807, 2.05) is 0 Å². The Morgan fingerprint density at radius 2 is 1.50 bits per heavy atom. The van der Waals surface area contributed by atoms with Gasteiger partial charge >= 0.3 is 45.5 Å². The monoisotopic (exact) mass is 196 g/mol. The smallest absolute Gasteiger partial charge is 1.00 e. The summed E-state index contributed by atoms with van der Waals surface area (Å²) in [6.07, 6.45) is 0. The van der Waals surface area contributed by atoms with Gasteiger partial charge in [0.1, 0.15) is 5.78 Å². The van der Waals surface area contributed by atoms with Gasteiger partial charge in [-0.2, -0.15) is 0 Å². The second-order valence-electron chi connectivity index (χ2n) is 0.908. The first kappa shape index (κ1) is 15.7. The third-order valence-corrected chi connectivity index (χ3v) is 0. The summed E-state index contributed by atoms with van der Waals surface area (Å²) < 4.78 is 0. The molecular formula is C3H8OSrTi. The van der Waals surface area contributed by atoms with Crippen LogP contribution in [0.3, 0.4) is 0 Å². The van der Waals surface area contributed by atoms with Gasteiger partial charge in [-0.3, -0.25) is 0 Å². The predicted molar refractivity (Wildman–Crippen MR) is 24.3 cm³/mol. The van der Waals surface area contributed by atoms with Crippen LogP contribution in [0, 0.1) is 0 Å². The van der Waals surface area contributed by atoms with Crippen molar-refractivity contribution in [2.75, 3.05) is 0 Å². The molecule has 0 saturated carbocycles. The molecule has 0 atom stereocenters. The second-order valence-corrected chi connectivity index (χ2v) is 0.908. The molecule has 0 saturated heterocycles. The molecule has 0 spiro atoms. The first-order valence-corrected chi connectivity index (χ1v) is 1.20. The standard InChI is InChI=1S/C3H6O.Sr.Ti.2H/c1-3(2)4;;;;/h1-2H3;;;;/q;+2;;2*-1. The minimum absolute atomic E-state index is 0. The van der Waals surface area contributed by atoms with Crippen LogP contribution in [0.15, 0.2) is 0 Å². The summed E-state index contributed by atoms with van der Waals surface area (Å²) in [5.74, 6) is 0.167. The molecule has 1 nitrogen and oxygen atoms in total. The van der Waals surface area contributed by atoms with E-state index in [-0.39, 0.29) is 75.8 Å². The third kappa shape index (κ3) is 39.9. The van der Waals surface area contributed by atoms with Crippen molar-refractivity contribution in [3.05, 3.63) is 0 Å². The van der Waals surface area contributed by atoms with Crippen LogP contribution in [0.25, 0.3) is 0 Å².